The Morgan fingerprint density at radius 2 is 1.67 bits per heavy atom. The van der Waals surface area contributed by atoms with Crippen LogP contribution in [0, 0.1) is 23.2 Å². The second kappa shape index (κ2) is 6.17. The average Bonchev–Trinajstić information content (AvgIpc) is 3.05. The summed E-state index contributed by atoms with van der Waals surface area (Å²) in [6, 6.07) is 0. The molecule has 5 aliphatic rings. The van der Waals surface area contributed by atoms with Gasteiger partial charge in [0.15, 0.2) is 0 Å². The second-order valence-corrected chi connectivity index (χ2v) is 8.51. The first kappa shape index (κ1) is 16.1. The summed E-state index contributed by atoms with van der Waals surface area (Å²) in [5.41, 5.74) is 6.46. The highest BCUT2D eigenvalue weighted by atomic mass is 16.5. The zero-order chi connectivity index (χ0) is 16.7. The van der Waals surface area contributed by atoms with Gasteiger partial charge in [-0.25, -0.2) is 0 Å². The predicted molar refractivity (Wildman–Crippen MR) is 89.6 cm³/mol. The summed E-state index contributed by atoms with van der Waals surface area (Å²) in [5, 5.41) is 0. The summed E-state index contributed by atoms with van der Waals surface area (Å²) in [7, 11) is 0. The van der Waals surface area contributed by atoms with Crippen LogP contribution in [0.1, 0.15) is 58.3 Å². The lowest BCUT2D eigenvalue weighted by molar-refractivity contribution is -0.133. The van der Waals surface area contributed by atoms with Crippen LogP contribution in [0.4, 0.5) is 0 Å². The lowest BCUT2D eigenvalue weighted by atomic mass is 9.48. The van der Waals surface area contributed by atoms with Crippen LogP contribution >= 0.6 is 0 Å². The van der Waals surface area contributed by atoms with Gasteiger partial charge in [-0.1, -0.05) is 5.57 Å². The first-order valence-electron chi connectivity index (χ1n) is 9.44. The van der Waals surface area contributed by atoms with Crippen molar-refractivity contribution in [3.63, 3.8) is 0 Å². The lowest BCUT2D eigenvalue weighted by Gasteiger charge is -2.57. The SMILES string of the molecule is C/C(=C\C(=O)NNC(=O)C1CCCO1)C12CC3CC(CC(C3)C1)C2. The van der Waals surface area contributed by atoms with Crippen molar-refractivity contribution in [2.75, 3.05) is 6.61 Å². The number of hydrogen-bond donors (Lipinski definition) is 2. The minimum atomic E-state index is -0.418. The van der Waals surface area contributed by atoms with E-state index in [1.54, 1.807) is 6.08 Å². The van der Waals surface area contributed by atoms with Gasteiger partial charge >= 0.3 is 0 Å². The summed E-state index contributed by atoms with van der Waals surface area (Å²) < 4.78 is 5.31. The third-order valence-electron chi connectivity index (χ3n) is 6.75. The molecule has 4 bridgehead atoms. The van der Waals surface area contributed by atoms with Crippen LogP contribution in [0.5, 0.6) is 0 Å². The van der Waals surface area contributed by atoms with Gasteiger partial charge in [0, 0.05) is 12.7 Å². The zero-order valence-electron chi connectivity index (χ0n) is 14.5. The van der Waals surface area contributed by atoms with Crippen molar-refractivity contribution < 1.29 is 14.3 Å². The Morgan fingerprint density at radius 3 is 2.21 bits per heavy atom. The van der Waals surface area contributed by atoms with Crippen molar-refractivity contribution in [2.45, 2.75) is 64.4 Å². The van der Waals surface area contributed by atoms with Crippen LogP contribution in [0.3, 0.4) is 0 Å². The second-order valence-electron chi connectivity index (χ2n) is 8.51. The van der Waals surface area contributed by atoms with E-state index >= 15 is 0 Å². The minimum Gasteiger partial charge on any atom is -0.368 e. The van der Waals surface area contributed by atoms with Crippen LogP contribution in [-0.4, -0.2) is 24.5 Å². The Labute approximate surface area is 143 Å². The van der Waals surface area contributed by atoms with Gasteiger partial charge in [0.1, 0.15) is 6.10 Å². The fourth-order valence-electron chi connectivity index (χ4n) is 5.97. The summed E-state index contributed by atoms with van der Waals surface area (Å²) in [6.45, 7) is 2.73. The van der Waals surface area contributed by atoms with Crippen molar-refractivity contribution in [3.05, 3.63) is 11.6 Å². The third-order valence-corrected chi connectivity index (χ3v) is 6.75. The monoisotopic (exact) mass is 332 g/mol. The van der Waals surface area contributed by atoms with Crippen molar-refractivity contribution in [3.8, 4) is 0 Å². The van der Waals surface area contributed by atoms with Crippen molar-refractivity contribution in [1.29, 1.82) is 0 Å². The topological polar surface area (TPSA) is 67.4 Å². The molecule has 0 aromatic heterocycles. The molecular weight excluding hydrogens is 304 g/mol. The Bertz CT molecular complexity index is 528. The summed E-state index contributed by atoms with van der Waals surface area (Å²) in [6.07, 6.45) is 10.9. The van der Waals surface area contributed by atoms with Crippen LogP contribution in [0.15, 0.2) is 11.6 Å². The van der Waals surface area contributed by atoms with Gasteiger partial charge in [-0.05, 0) is 81.5 Å². The third kappa shape index (κ3) is 2.99. The molecular formula is C19H28N2O3. The Hall–Kier alpha value is -1.36. The summed E-state index contributed by atoms with van der Waals surface area (Å²) >= 11 is 0. The lowest BCUT2D eigenvalue weighted by Crippen LogP contribution is -2.48. The molecule has 5 heteroatoms. The molecule has 1 saturated heterocycles. The number of rotatable bonds is 3. The highest BCUT2D eigenvalue weighted by molar-refractivity contribution is 5.91. The normalized spacial score (nSPS) is 40.6. The van der Waals surface area contributed by atoms with Gasteiger partial charge < -0.3 is 4.74 Å². The van der Waals surface area contributed by atoms with Crippen LogP contribution < -0.4 is 10.9 Å². The number of amides is 2. The van der Waals surface area contributed by atoms with E-state index in [0.29, 0.717) is 6.61 Å². The van der Waals surface area contributed by atoms with Crippen LogP contribution in [0.2, 0.25) is 0 Å². The minimum absolute atomic E-state index is 0.227. The largest absolute Gasteiger partial charge is 0.368 e. The molecule has 5 nitrogen and oxygen atoms in total. The first-order valence-corrected chi connectivity index (χ1v) is 9.44. The van der Waals surface area contributed by atoms with Gasteiger partial charge in [-0.2, -0.15) is 0 Å². The smallest absolute Gasteiger partial charge is 0.267 e. The average molecular weight is 332 g/mol. The van der Waals surface area contributed by atoms with E-state index in [-0.39, 0.29) is 17.2 Å². The molecule has 132 valence electrons. The Kier molecular flexibility index (Phi) is 4.15. The molecule has 1 aliphatic heterocycles. The van der Waals surface area contributed by atoms with Gasteiger partial charge in [-0.15, -0.1) is 0 Å². The van der Waals surface area contributed by atoms with Crippen molar-refractivity contribution in [2.24, 2.45) is 23.2 Å². The van der Waals surface area contributed by atoms with Gasteiger partial charge in [0.2, 0.25) is 0 Å². The molecule has 1 unspecified atom stereocenters. The highest BCUT2D eigenvalue weighted by Crippen LogP contribution is 2.62. The molecule has 2 amide bonds. The zero-order valence-corrected chi connectivity index (χ0v) is 14.5. The molecule has 1 atom stereocenters. The molecule has 5 rings (SSSR count). The van der Waals surface area contributed by atoms with Crippen LogP contribution in [0.25, 0.3) is 0 Å². The van der Waals surface area contributed by atoms with E-state index in [0.717, 1.165) is 30.6 Å². The van der Waals surface area contributed by atoms with Crippen molar-refractivity contribution in [1.82, 2.24) is 10.9 Å². The summed E-state index contributed by atoms with van der Waals surface area (Å²) in [4.78, 5) is 24.1. The molecule has 0 radical (unpaired) electrons. The van der Waals surface area contributed by atoms with E-state index in [1.165, 1.54) is 44.1 Å². The number of nitrogens with one attached hydrogen (secondary N) is 2. The van der Waals surface area contributed by atoms with E-state index in [1.807, 2.05) is 0 Å². The number of allylic oxidation sites excluding steroid dienone is 1. The highest BCUT2D eigenvalue weighted by Gasteiger charge is 2.51. The Balaban J connectivity index is 1.36. The molecule has 0 aromatic carbocycles. The molecule has 1 heterocycles. The number of carbonyl (C=O) groups excluding carboxylic acids is 2. The molecule has 0 aromatic rings. The molecule has 2 N–H and O–H groups in total. The van der Waals surface area contributed by atoms with E-state index in [9.17, 15) is 9.59 Å². The van der Waals surface area contributed by atoms with Gasteiger partial charge in [-0.3, -0.25) is 20.4 Å². The maximum Gasteiger partial charge on any atom is 0.267 e. The quantitative estimate of drug-likeness (QED) is 0.616. The molecule has 4 saturated carbocycles. The number of ether oxygens (including phenoxy) is 1. The maximum absolute atomic E-state index is 12.2. The molecule has 0 spiro atoms. The van der Waals surface area contributed by atoms with Crippen LogP contribution in [-0.2, 0) is 14.3 Å². The predicted octanol–water partition coefficient (Wildman–Crippen LogP) is 2.48. The number of carbonyl (C=O) groups is 2. The number of hydrazine groups is 1. The first-order chi connectivity index (χ1) is 11.5. The van der Waals surface area contributed by atoms with Crippen molar-refractivity contribution >= 4 is 11.8 Å². The van der Waals surface area contributed by atoms with E-state index in [4.69, 9.17) is 4.74 Å². The molecule has 24 heavy (non-hydrogen) atoms. The summed E-state index contributed by atoms with van der Waals surface area (Å²) in [5.74, 6) is 2.11. The fourth-order valence-corrected chi connectivity index (χ4v) is 5.97. The molecule has 5 fully saturated rings. The fraction of sp³-hybridized carbons (Fsp3) is 0.789. The van der Waals surface area contributed by atoms with E-state index in [2.05, 4.69) is 17.8 Å². The van der Waals surface area contributed by atoms with Gasteiger partial charge in [0.05, 0.1) is 0 Å². The standard InChI is InChI=1S/C19H28N2O3/c1-12(5-17(22)20-21-18(23)16-3-2-4-24-16)19-9-13-6-14(10-19)8-15(7-13)11-19/h5,13-16H,2-4,6-11H2,1H3,(H,20,22)(H,21,23)/b12-5+. The van der Waals surface area contributed by atoms with Gasteiger partial charge in [0.25, 0.3) is 11.8 Å². The number of hydrogen-bond acceptors (Lipinski definition) is 3. The van der Waals surface area contributed by atoms with E-state index < -0.39 is 6.10 Å². The molecule has 4 aliphatic carbocycles. The maximum atomic E-state index is 12.2. The Morgan fingerprint density at radius 1 is 1.04 bits per heavy atom.